The average molecular weight is 248 g/mol. The number of hydrogen-bond acceptors (Lipinski definition) is 3. The van der Waals surface area contributed by atoms with Gasteiger partial charge in [0, 0.05) is 6.61 Å². The zero-order valence-electron chi connectivity index (χ0n) is 9.78. The number of carbonyl (C=O) groups is 1. The molecule has 1 saturated heterocycles. The molecular formula is C13H13FN2O2. The summed E-state index contributed by atoms with van der Waals surface area (Å²) in [5, 5.41) is 11.5. The largest absolute Gasteiger partial charge is 0.381 e. The topological polar surface area (TPSA) is 62.1 Å². The first-order valence-corrected chi connectivity index (χ1v) is 5.79. The van der Waals surface area contributed by atoms with Gasteiger partial charge in [0.25, 0.3) is 0 Å². The second-order valence-corrected chi connectivity index (χ2v) is 4.21. The van der Waals surface area contributed by atoms with E-state index in [0.29, 0.717) is 18.9 Å². The number of benzene rings is 1. The molecule has 1 aliphatic rings. The van der Waals surface area contributed by atoms with Crippen molar-refractivity contribution in [3.63, 3.8) is 0 Å². The summed E-state index contributed by atoms with van der Waals surface area (Å²) in [4.78, 5) is 11.9. The Labute approximate surface area is 104 Å². The summed E-state index contributed by atoms with van der Waals surface area (Å²) in [6.45, 7) is 1.08. The van der Waals surface area contributed by atoms with E-state index in [-0.39, 0.29) is 17.4 Å². The van der Waals surface area contributed by atoms with Gasteiger partial charge in [0.2, 0.25) is 5.91 Å². The second-order valence-electron chi connectivity index (χ2n) is 4.21. The Hall–Kier alpha value is -1.93. The Morgan fingerprint density at radius 1 is 1.56 bits per heavy atom. The first kappa shape index (κ1) is 12.5. The van der Waals surface area contributed by atoms with Crippen LogP contribution >= 0.6 is 0 Å². The molecule has 0 aliphatic carbocycles. The minimum Gasteiger partial charge on any atom is -0.381 e. The highest BCUT2D eigenvalue weighted by Gasteiger charge is 2.22. The van der Waals surface area contributed by atoms with Gasteiger partial charge in [0.1, 0.15) is 11.9 Å². The summed E-state index contributed by atoms with van der Waals surface area (Å²) >= 11 is 0. The Morgan fingerprint density at radius 3 is 3.06 bits per heavy atom. The van der Waals surface area contributed by atoms with Crippen LogP contribution in [0.4, 0.5) is 10.1 Å². The molecule has 1 atom stereocenters. The number of nitriles is 1. The molecule has 2 rings (SSSR count). The third-order valence-corrected chi connectivity index (χ3v) is 2.89. The quantitative estimate of drug-likeness (QED) is 0.871. The fourth-order valence-corrected chi connectivity index (χ4v) is 1.90. The van der Waals surface area contributed by atoms with Gasteiger partial charge >= 0.3 is 0 Å². The molecule has 0 saturated carbocycles. The molecule has 1 heterocycles. The molecule has 18 heavy (non-hydrogen) atoms. The van der Waals surface area contributed by atoms with E-state index in [0.717, 1.165) is 18.9 Å². The number of halogens is 1. The molecule has 0 bridgehead atoms. The molecule has 1 N–H and O–H groups in total. The zero-order valence-corrected chi connectivity index (χ0v) is 9.78. The van der Waals surface area contributed by atoms with Crippen LogP contribution in [0, 0.1) is 23.1 Å². The van der Waals surface area contributed by atoms with Gasteiger partial charge < -0.3 is 10.1 Å². The zero-order chi connectivity index (χ0) is 13.0. The van der Waals surface area contributed by atoms with E-state index < -0.39 is 5.82 Å². The maximum absolute atomic E-state index is 12.9. The summed E-state index contributed by atoms with van der Waals surface area (Å²) in [7, 11) is 0. The molecule has 1 fully saturated rings. The van der Waals surface area contributed by atoms with Gasteiger partial charge in [0.15, 0.2) is 0 Å². The molecule has 94 valence electrons. The van der Waals surface area contributed by atoms with Crippen molar-refractivity contribution in [3.8, 4) is 6.07 Å². The fraction of sp³-hybridized carbons (Fsp3) is 0.385. The molecular weight excluding hydrogens is 235 g/mol. The van der Waals surface area contributed by atoms with E-state index in [1.54, 1.807) is 0 Å². The number of rotatable bonds is 2. The van der Waals surface area contributed by atoms with Crippen molar-refractivity contribution in [2.24, 2.45) is 5.92 Å². The number of nitrogens with zero attached hydrogens (tertiary/aromatic N) is 1. The van der Waals surface area contributed by atoms with Crippen LogP contribution in [0.25, 0.3) is 0 Å². The lowest BCUT2D eigenvalue weighted by Gasteiger charge is -2.21. The molecule has 1 aromatic rings. The molecule has 5 heteroatoms. The SMILES string of the molecule is N#Cc1cc(F)ccc1NC(=O)C1CCCOC1. The van der Waals surface area contributed by atoms with Crippen molar-refractivity contribution in [1.29, 1.82) is 5.26 Å². The van der Waals surface area contributed by atoms with Gasteiger partial charge in [-0.05, 0) is 31.0 Å². The van der Waals surface area contributed by atoms with E-state index >= 15 is 0 Å². The van der Waals surface area contributed by atoms with Gasteiger partial charge in [-0.3, -0.25) is 4.79 Å². The summed E-state index contributed by atoms with van der Waals surface area (Å²) in [6, 6.07) is 5.58. The summed E-state index contributed by atoms with van der Waals surface area (Å²) in [5.41, 5.74) is 0.467. The molecule has 1 amide bonds. The minimum atomic E-state index is -0.495. The van der Waals surface area contributed by atoms with Crippen molar-refractivity contribution < 1.29 is 13.9 Å². The van der Waals surface area contributed by atoms with Crippen molar-refractivity contribution in [1.82, 2.24) is 0 Å². The van der Waals surface area contributed by atoms with Crippen LogP contribution in [0.5, 0.6) is 0 Å². The van der Waals surface area contributed by atoms with Crippen molar-refractivity contribution in [2.75, 3.05) is 18.5 Å². The van der Waals surface area contributed by atoms with Crippen molar-refractivity contribution in [3.05, 3.63) is 29.6 Å². The predicted octanol–water partition coefficient (Wildman–Crippen LogP) is 2.06. The van der Waals surface area contributed by atoms with Crippen LogP contribution in [0.2, 0.25) is 0 Å². The number of anilines is 1. The summed E-state index contributed by atoms with van der Waals surface area (Å²) in [5.74, 6) is -0.876. The van der Waals surface area contributed by atoms with E-state index in [2.05, 4.69) is 5.32 Å². The number of amides is 1. The average Bonchev–Trinajstić information content (AvgIpc) is 2.41. The van der Waals surface area contributed by atoms with Gasteiger partial charge in [-0.1, -0.05) is 0 Å². The van der Waals surface area contributed by atoms with Gasteiger partial charge in [-0.2, -0.15) is 5.26 Å². The van der Waals surface area contributed by atoms with E-state index in [1.165, 1.54) is 12.1 Å². The highest BCUT2D eigenvalue weighted by molar-refractivity contribution is 5.93. The summed E-state index contributed by atoms with van der Waals surface area (Å²) in [6.07, 6.45) is 1.63. The minimum absolute atomic E-state index is 0.125. The smallest absolute Gasteiger partial charge is 0.229 e. The standard InChI is InChI=1S/C13H13FN2O2/c14-11-3-4-12(10(6-11)7-15)16-13(17)9-2-1-5-18-8-9/h3-4,6,9H,1-2,5,8H2,(H,16,17). The molecule has 0 aromatic heterocycles. The van der Waals surface area contributed by atoms with Crippen LogP contribution in [0.15, 0.2) is 18.2 Å². The number of ether oxygens (including phenoxy) is 1. The lowest BCUT2D eigenvalue weighted by molar-refractivity contribution is -0.123. The third-order valence-electron chi connectivity index (χ3n) is 2.89. The Bertz CT molecular complexity index is 490. The number of carbonyl (C=O) groups excluding carboxylic acids is 1. The number of hydrogen-bond donors (Lipinski definition) is 1. The normalized spacial score (nSPS) is 19.0. The van der Waals surface area contributed by atoms with Crippen LogP contribution < -0.4 is 5.32 Å². The van der Waals surface area contributed by atoms with Crippen LogP contribution in [0.3, 0.4) is 0 Å². The van der Waals surface area contributed by atoms with Gasteiger partial charge in [-0.15, -0.1) is 0 Å². The third kappa shape index (κ3) is 2.84. The van der Waals surface area contributed by atoms with E-state index in [1.807, 2.05) is 6.07 Å². The molecule has 1 aromatic carbocycles. The Kier molecular flexibility index (Phi) is 3.90. The van der Waals surface area contributed by atoms with Crippen molar-refractivity contribution >= 4 is 11.6 Å². The summed E-state index contributed by atoms with van der Waals surface area (Å²) < 4.78 is 18.2. The maximum atomic E-state index is 12.9. The number of nitrogens with one attached hydrogen (secondary N) is 1. The van der Waals surface area contributed by atoms with Gasteiger partial charge in [-0.25, -0.2) is 4.39 Å². The molecule has 4 nitrogen and oxygen atoms in total. The van der Waals surface area contributed by atoms with Crippen LogP contribution in [-0.4, -0.2) is 19.1 Å². The fourth-order valence-electron chi connectivity index (χ4n) is 1.90. The monoisotopic (exact) mass is 248 g/mol. The Balaban J connectivity index is 2.09. The van der Waals surface area contributed by atoms with Crippen LogP contribution in [0.1, 0.15) is 18.4 Å². The second kappa shape index (κ2) is 5.61. The van der Waals surface area contributed by atoms with E-state index in [9.17, 15) is 9.18 Å². The lowest BCUT2D eigenvalue weighted by atomic mass is 10.0. The lowest BCUT2D eigenvalue weighted by Crippen LogP contribution is -2.30. The van der Waals surface area contributed by atoms with E-state index in [4.69, 9.17) is 10.00 Å². The first-order valence-electron chi connectivity index (χ1n) is 5.79. The highest BCUT2D eigenvalue weighted by atomic mass is 19.1. The molecule has 0 radical (unpaired) electrons. The molecule has 0 spiro atoms. The molecule has 1 unspecified atom stereocenters. The predicted molar refractivity (Wildman–Crippen MR) is 63.3 cm³/mol. The Morgan fingerprint density at radius 2 is 2.39 bits per heavy atom. The van der Waals surface area contributed by atoms with Crippen LogP contribution in [-0.2, 0) is 9.53 Å². The van der Waals surface area contributed by atoms with Crippen molar-refractivity contribution in [2.45, 2.75) is 12.8 Å². The maximum Gasteiger partial charge on any atom is 0.229 e. The van der Waals surface area contributed by atoms with Gasteiger partial charge in [0.05, 0.1) is 23.8 Å². The highest BCUT2D eigenvalue weighted by Crippen LogP contribution is 2.19. The first-order chi connectivity index (χ1) is 8.70. The molecule has 1 aliphatic heterocycles.